The molecule has 0 atom stereocenters. The van der Waals surface area contributed by atoms with E-state index in [0.717, 1.165) is 5.22 Å². The molecule has 0 unspecified atom stereocenters. The van der Waals surface area contributed by atoms with E-state index in [0.29, 0.717) is 17.3 Å². The number of fused-ring (bicyclic) bond motifs is 1. The van der Waals surface area contributed by atoms with Crippen molar-refractivity contribution >= 4 is 17.7 Å². The quantitative estimate of drug-likeness (QED) is 0.707. The first-order valence-corrected chi connectivity index (χ1v) is 5.19. The van der Waals surface area contributed by atoms with Gasteiger partial charge in [0.15, 0.2) is 0 Å². The third kappa shape index (κ3) is 2.25. The fraction of sp³-hybridized carbons (Fsp3) is 0.0769. The lowest BCUT2D eigenvalue weighted by atomic mass is 10.1. The lowest BCUT2D eigenvalue weighted by molar-refractivity contribution is -0.115. The molecule has 0 aliphatic heterocycles. The highest BCUT2D eigenvalue weighted by atomic mass is 16.3. The largest absolute Gasteiger partial charge is 0.505 e. The highest BCUT2D eigenvalue weighted by molar-refractivity contribution is 5.88. The van der Waals surface area contributed by atoms with Crippen LogP contribution in [0.25, 0.3) is 11.8 Å². The van der Waals surface area contributed by atoms with E-state index >= 15 is 0 Å². The van der Waals surface area contributed by atoms with Crippen LogP contribution in [0.2, 0.25) is 0 Å². The van der Waals surface area contributed by atoms with Gasteiger partial charge in [-0.05, 0) is 18.6 Å². The molecule has 4 nitrogen and oxygen atoms in total. The van der Waals surface area contributed by atoms with Crippen LogP contribution in [-0.4, -0.2) is 16.0 Å². The van der Waals surface area contributed by atoms with Gasteiger partial charge in [-0.3, -0.25) is 9.78 Å². The molecule has 17 heavy (non-hydrogen) atoms. The standard InChI is InChI=1S/C13H12N2O2/c1-2-11(16)15-8-10-6-5-9-4-3-7-14-12(9)13(10)17/h2-5,7-8,17H,1,6H2,(H,15,16). The van der Waals surface area contributed by atoms with Gasteiger partial charge in [0, 0.05) is 23.2 Å². The number of hydrogen-bond acceptors (Lipinski definition) is 3. The topological polar surface area (TPSA) is 62.2 Å². The van der Waals surface area contributed by atoms with Gasteiger partial charge in [-0.25, -0.2) is 0 Å². The van der Waals surface area contributed by atoms with Gasteiger partial charge in [0.2, 0.25) is 5.91 Å². The number of carbonyl (C=O) groups excluding carboxylic acids is 1. The van der Waals surface area contributed by atoms with Gasteiger partial charge >= 0.3 is 0 Å². The summed E-state index contributed by atoms with van der Waals surface area (Å²) >= 11 is 0. The van der Waals surface area contributed by atoms with E-state index in [1.54, 1.807) is 6.20 Å². The van der Waals surface area contributed by atoms with Crippen molar-refractivity contribution in [3.8, 4) is 0 Å². The maximum Gasteiger partial charge on any atom is 0.247 e. The average molecular weight is 228 g/mol. The fourth-order valence-corrected chi connectivity index (χ4v) is 1.59. The minimum atomic E-state index is -0.308. The van der Waals surface area contributed by atoms with E-state index in [4.69, 9.17) is 0 Å². The molecule has 0 bridgehead atoms. The zero-order valence-electron chi connectivity index (χ0n) is 9.18. The first-order chi connectivity index (χ1) is 8.22. The summed E-state index contributed by atoms with van der Waals surface area (Å²) in [7, 11) is 0. The van der Waals surface area contributed by atoms with Crippen molar-refractivity contribution in [2.75, 3.05) is 0 Å². The van der Waals surface area contributed by atoms with Crippen molar-refractivity contribution in [1.29, 1.82) is 0 Å². The predicted octanol–water partition coefficient (Wildman–Crippen LogP) is 0.118. The van der Waals surface area contributed by atoms with E-state index in [9.17, 15) is 9.90 Å². The predicted molar refractivity (Wildman–Crippen MR) is 65.0 cm³/mol. The summed E-state index contributed by atoms with van der Waals surface area (Å²) in [4.78, 5) is 15.1. The molecule has 1 aromatic rings. The Kier molecular flexibility index (Phi) is 3.05. The molecule has 0 fully saturated rings. The molecule has 86 valence electrons. The molecule has 1 aliphatic rings. The number of hydrogen-bond donors (Lipinski definition) is 2. The van der Waals surface area contributed by atoms with E-state index in [2.05, 4.69) is 16.9 Å². The number of aliphatic hydroxyl groups is 1. The van der Waals surface area contributed by atoms with Crippen LogP contribution in [0.4, 0.5) is 0 Å². The lowest BCUT2D eigenvalue weighted by Crippen LogP contribution is -2.33. The molecule has 1 heterocycles. The number of carbonyl (C=O) groups is 1. The summed E-state index contributed by atoms with van der Waals surface area (Å²) in [5.74, 6) is -0.204. The highest BCUT2D eigenvalue weighted by Gasteiger charge is 2.09. The summed E-state index contributed by atoms with van der Waals surface area (Å²) in [5.41, 5.74) is 0.631. The van der Waals surface area contributed by atoms with E-state index in [-0.39, 0.29) is 11.7 Å². The van der Waals surface area contributed by atoms with Gasteiger partial charge in [-0.1, -0.05) is 18.7 Å². The summed E-state index contributed by atoms with van der Waals surface area (Å²) in [5, 5.41) is 14.0. The Morgan fingerprint density at radius 2 is 2.41 bits per heavy atom. The Hall–Kier alpha value is -2.36. The van der Waals surface area contributed by atoms with E-state index < -0.39 is 0 Å². The van der Waals surface area contributed by atoms with Crippen LogP contribution in [0.1, 0.15) is 6.42 Å². The fourth-order valence-electron chi connectivity index (χ4n) is 1.59. The molecular weight excluding hydrogens is 216 g/mol. The molecule has 0 saturated heterocycles. The first-order valence-electron chi connectivity index (χ1n) is 5.19. The van der Waals surface area contributed by atoms with Crippen LogP contribution < -0.4 is 15.9 Å². The Morgan fingerprint density at radius 3 is 3.18 bits per heavy atom. The molecule has 1 amide bonds. The van der Waals surface area contributed by atoms with Crippen LogP contribution >= 0.6 is 0 Å². The van der Waals surface area contributed by atoms with Gasteiger partial charge in [0.25, 0.3) is 0 Å². The maximum absolute atomic E-state index is 11.0. The van der Waals surface area contributed by atoms with Crippen LogP contribution in [-0.2, 0) is 4.79 Å². The molecule has 0 spiro atoms. The monoisotopic (exact) mass is 228 g/mol. The Balaban J connectivity index is 2.41. The van der Waals surface area contributed by atoms with Crippen LogP contribution in [0, 0.1) is 0 Å². The van der Waals surface area contributed by atoms with Gasteiger partial charge < -0.3 is 10.4 Å². The number of aromatic nitrogens is 1. The van der Waals surface area contributed by atoms with Gasteiger partial charge in [-0.15, -0.1) is 0 Å². The average Bonchev–Trinajstić information content (AvgIpc) is 2.38. The number of amides is 1. The Bertz CT molecular complexity index is 615. The number of nitrogens with zero attached hydrogens (tertiary/aromatic N) is 1. The zero-order chi connectivity index (χ0) is 12.3. The van der Waals surface area contributed by atoms with Crippen LogP contribution in [0.5, 0.6) is 0 Å². The molecular formula is C13H12N2O2. The third-order valence-electron chi connectivity index (χ3n) is 2.48. The summed E-state index contributed by atoms with van der Waals surface area (Å²) in [6.07, 6.45) is 6.78. The summed E-state index contributed by atoms with van der Waals surface area (Å²) < 4.78 is 0. The van der Waals surface area contributed by atoms with Crippen molar-refractivity contribution in [2.24, 2.45) is 0 Å². The minimum Gasteiger partial charge on any atom is -0.505 e. The third-order valence-corrected chi connectivity index (χ3v) is 2.48. The molecule has 0 aromatic carbocycles. The van der Waals surface area contributed by atoms with Crippen molar-refractivity contribution in [3.05, 3.63) is 53.3 Å². The van der Waals surface area contributed by atoms with Gasteiger partial charge in [0.1, 0.15) is 11.1 Å². The molecule has 0 radical (unpaired) electrons. The first kappa shape index (κ1) is 11.1. The minimum absolute atomic E-state index is 0.104. The molecule has 4 heteroatoms. The second kappa shape index (κ2) is 4.65. The number of aliphatic hydroxyl groups excluding tert-OH is 1. The molecule has 1 aromatic heterocycles. The van der Waals surface area contributed by atoms with Crippen molar-refractivity contribution in [3.63, 3.8) is 0 Å². The SMILES string of the molecule is C=CC(=O)NC=C1CC=c2cccnc2=C1O. The highest BCUT2D eigenvalue weighted by Crippen LogP contribution is 2.12. The van der Waals surface area contributed by atoms with E-state index in [1.807, 2.05) is 18.2 Å². The zero-order valence-corrected chi connectivity index (χ0v) is 9.18. The lowest BCUT2D eigenvalue weighted by Gasteiger charge is -2.08. The number of rotatable bonds is 2. The van der Waals surface area contributed by atoms with Crippen LogP contribution in [0.15, 0.2) is 42.8 Å². The number of nitrogens with one attached hydrogen (secondary N) is 1. The van der Waals surface area contributed by atoms with Crippen LogP contribution in [0.3, 0.4) is 0 Å². The maximum atomic E-state index is 11.0. The normalized spacial score (nSPS) is 16.0. The van der Waals surface area contributed by atoms with Crippen molar-refractivity contribution < 1.29 is 9.90 Å². The summed E-state index contributed by atoms with van der Waals surface area (Å²) in [6, 6.07) is 3.70. The van der Waals surface area contributed by atoms with E-state index in [1.165, 1.54) is 12.3 Å². The second-order valence-electron chi connectivity index (χ2n) is 3.58. The van der Waals surface area contributed by atoms with Gasteiger partial charge in [-0.2, -0.15) is 0 Å². The molecule has 1 aliphatic carbocycles. The smallest absolute Gasteiger partial charge is 0.247 e. The Labute approximate surface area is 98.3 Å². The van der Waals surface area contributed by atoms with Crippen molar-refractivity contribution in [2.45, 2.75) is 6.42 Å². The van der Waals surface area contributed by atoms with Crippen molar-refractivity contribution in [1.82, 2.24) is 10.3 Å². The van der Waals surface area contributed by atoms with Gasteiger partial charge in [0.05, 0.1) is 0 Å². The summed E-state index contributed by atoms with van der Waals surface area (Å²) in [6.45, 7) is 3.35. The second-order valence-corrected chi connectivity index (χ2v) is 3.58. The Morgan fingerprint density at radius 1 is 1.59 bits per heavy atom. The molecule has 2 N–H and O–H groups in total. The molecule has 2 rings (SSSR count). The number of pyridine rings is 1. The molecule has 0 saturated carbocycles.